The number of amides is 1. The molecule has 0 saturated carbocycles. The van der Waals surface area contributed by atoms with Crippen LogP contribution < -0.4 is 11.1 Å². The summed E-state index contributed by atoms with van der Waals surface area (Å²) in [6.45, 7) is 11.6. The van der Waals surface area contributed by atoms with E-state index < -0.39 is 20.2 Å². The molecule has 0 fully saturated rings. The zero-order chi connectivity index (χ0) is 20.7. The molecule has 0 aliphatic heterocycles. The normalized spacial score (nSPS) is 12.5. The van der Waals surface area contributed by atoms with Crippen LogP contribution in [0, 0.1) is 0 Å². The number of ether oxygens (including phenoxy) is 1. The number of carbonyl (C=O) groups is 1. The monoisotopic (exact) mass is 403 g/mol. The first kappa shape index (κ1) is 21.6. The van der Waals surface area contributed by atoms with Gasteiger partial charge in [0, 0.05) is 26.4 Å². The highest BCUT2D eigenvalue weighted by molar-refractivity contribution is 6.76. The summed E-state index contributed by atoms with van der Waals surface area (Å²) in [5.74, 6) is 0. The first-order chi connectivity index (χ1) is 13.2. The Bertz CT molecular complexity index is 816. The molecule has 1 amide bonds. The van der Waals surface area contributed by atoms with Crippen LogP contribution in [0.1, 0.15) is 18.2 Å². The van der Waals surface area contributed by atoms with Crippen LogP contribution in [0.2, 0.25) is 25.7 Å². The largest absolute Gasteiger partial charge is 0.465 e. The van der Waals surface area contributed by atoms with E-state index in [-0.39, 0.29) is 0 Å². The van der Waals surface area contributed by atoms with Crippen LogP contribution in [0.4, 0.5) is 10.5 Å². The number of nitrogen functional groups attached to an aromatic ring is 1. The molecular weight excluding hydrogens is 374 g/mol. The Labute approximate surface area is 166 Å². The molecule has 0 bridgehead atoms. The van der Waals surface area contributed by atoms with Crippen LogP contribution in [0.25, 0.3) is 11.3 Å². The third-order valence-electron chi connectivity index (χ3n) is 4.19. The quantitative estimate of drug-likeness (QED) is 0.316. The van der Waals surface area contributed by atoms with Gasteiger partial charge in [0.05, 0.1) is 29.3 Å². The first-order valence-corrected chi connectivity index (χ1v) is 12.9. The summed E-state index contributed by atoms with van der Waals surface area (Å²) >= 11 is 0. The average Bonchev–Trinajstić information content (AvgIpc) is 2.98. The summed E-state index contributed by atoms with van der Waals surface area (Å²) in [5, 5.41) is 15.9. The maximum Gasteiger partial charge on any atom is 0.405 e. The van der Waals surface area contributed by atoms with Gasteiger partial charge in [0.1, 0.15) is 6.73 Å². The molecule has 4 N–H and O–H groups in total. The number of nitrogens with zero attached hydrogens (tertiary/aromatic N) is 3. The number of aromatic nitrogens is 3. The summed E-state index contributed by atoms with van der Waals surface area (Å²) in [6, 6.07) is 4.22. The number of hydrogen-bond acceptors (Lipinski definition) is 5. The average molecular weight is 404 g/mol. The highest BCUT2D eigenvalue weighted by Gasteiger charge is 2.18. The molecule has 2 aromatic heterocycles. The van der Waals surface area contributed by atoms with E-state index in [4.69, 9.17) is 15.6 Å². The van der Waals surface area contributed by atoms with Gasteiger partial charge in [-0.05, 0) is 24.6 Å². The minimum Gasteiger partial charge on any atom is -0.465 e. The lowest BCUT2D eigenvalue weighted by Gasteiger charge is -2.17. The topological polar surface area (TPSA) is 115 Å². The highest BCUT2D eigenvalue weighted by atomic mass is 28.3. The Balaban J connectivity index is 2.22. The van der Waals surface area contributed by atoms with E-state index in [1.165, 1.54) is 0 Å². The lowest BCUT2D eigenvalue weighted by molar-refractivity contribution is 0.0798. The maximum atomic E-state index is 11.1. The van der Waals surface area contributed by atoms with E-state index in [1.807, 2.05) is 12.1 Å². The molecule has 1 atom stereocenters. The molecule has 0 radical (unpaired) electrons. The van der Waals surface area contributed by atoms with Gasteiger partial charge in [-0.1, -0.05) is 25.7 Å². The standard InChI is InChI=1S/C19H29N5O3Si/c1-5-6-16(23-19(25)26)17-11-14(7-8-21-17)18-15(20)12-22-24(18)13-27-9-10-28(2,3)4/h5,7-8,11-12,16,23H,1,6,9-10,13,20H2,2-4H3,(H,25,26). The van der Waals surface area contributed by atoms with Crippen LogP contribution in [-0.2, 0) is 11.5 Å². The van der Waals surface area contributed by atoms with Crippen molar-refractivity contribution in [1.29, 1.82) is 0 Å². The van der Waals surface area contributed by atoms with Crippen molar-refractivity contribution < 1.29 is 14.6 Å². The summed E-state index contributed by atoms with van der Waals surface area (Å²) in [7, 11) is -1.16. The van der Waals surface area contributed by atoms with E-state index in [0.717, 1.165) is 17.3 Å². The second-order valence-electron chi connectivity index (χ2n) is 7.79. The fraction of sp³-hybridized carbons (Fsp3) is 0.421. The third-order valence-corrected chi connectivity index (χ3v) is 5.89. The van der Waals surface area contributed by atoms with Crippen molar-refractivity contribution in [2.75, 3.05) is 12.3 Å². The molecule has 2 heterocycles. The Kier molecular flexibility index (Phi) is 7.36. The van der Waals surface area contributed by atoms with Gasteiger partial charge in [0.15, 0.2) is 0 Å². The van der Waals surface area contributed by atoms with Crippen LogP contribution in [0.5, 0.6) is 0 Å². The number of rotatable bonds is 10. The molecule has 28 heavy (non-hydrogen) atoms. The second kappa shape index (κ2) is 9.51. The molecule has 0 aliphatic rings. The molecule has 2 rings (SSSR count). The Morgan fingerprint density at radius 3 is 2.89 bits per heavy atom. The summed E-state index contributed by atoms with van der Waals surface area (Å²) in [4.78, 5) is 15.4. The summed E-state index contributed by atoms with van der Waals surface area (Å²) < 4.78 is 7.51. The van der Waals surface area contributed by atoms with E-state index >= 15 is 0 Å². The van der Waals surface area contributed by atoms with Crippen molar-refractivity contribution in [2.24, 2.45) is 0 Å². The Hall–Kier alpha value is -2.65. The van der Waals surface area contributed by atoms with Crippen molar-refractivity contribution in [2.45, 2.75) is 44.9 Å². The molecule has 9 heteroatoms. The molecule has 1 unspecified atom stereocenters. The van der Waals surface area contributed by atoms with Gasteiger partial charge in [-0.15, -0.1) is 6.58 Å². The van der Waals surface area contributed by atoms with Crippen molar-refractivity contribution in [3.63, 3.8) is 0 Å². The molecule has 2 aromatic rings. The van der Waals surface area contributed by atoms with E-state index in [9.17, 15) is 4.79 Å². The van der Waals surface area contributed by atoms with E-state index in [1.54, 1.807) is 23.2 Å². The second-order valence-corrected chi connectivity index (χ2v) is 13.4. The number of anilines is 1. The maximum absolute atomic E-state index is 11.1. The van der Waals surface area contributed by atoms with Crippen molar-refractivity contribution >= 4 is 19.9 Å². The number of hydrogen-bond donors (Lipinski definition) is 3. The van der Waals surface area contributed by atoms with E-state index in [0.29, 0.717) is 31.1 Å². The third kappa shape index (κ3) is 6.21. The van der Waals surface area contributed by atoms with Gasteiger partial charge >= 0.3 is 6.09 Å². The van der Waals surface area contributed by atoms with Gasteiger partial charge in [-0.2, -0.15) is 5.10 Å². The van der Waals surface area contributed by atoms with Gasteiger partial charge in [0.2, 0.25) is 0 Å². The summed E-state index contributed by atoms with van der Waals surface area (Å²) in [5.41, 5.74) is 8.78. The predicted molar refractivity (Wildman–Crippen MR) is 113 cm³/mol. The minimum atomic E-state index is -1.16. The Morgan fingerprint density at radius 2 is 2.25 bits per heavy atom. The molecule has 0 aliphatic carbocycles. The van der Waals surface area contributed by atoms with E-state index in [2.05, 4.69) is 41.6 Å². The van der Waals surface area contributed by atoms with Crippen molar-refractivity contribution in [3.8, 4) is 11.3 Å². The molecule has 0 spiro atoms. The van der Waals surface area contributed by atoms with Crippen molar-refractivity contribution in [3.05, 3.63) is 42.9 Å². The van der Waals surface area contributed by atoms with Crippen LogP contribution >= 0.6 is 0 Å². The zero-order valence-corrected chi connectivity index (χ0v) is 17.7. The predicted octanol–water partition coefficient (Wildman–Crippen LogP) is 3.72. The Morgan fingerprint density at radius 1 is 1.50 bits per heavy atom. The lowest BCUT2D eigenvalue weighted by Crippen LogP contribution is -2.27. The van der Waals surface area contributed by atoms with Crippen LogP contribution in [0.3, 0.4) is 0 Å². The number of nitrogens with two attached hydrogens (primary N) is 1. The van der Waals surface area contributed by atoms with Gasteiger partial charge in [0.25, 0.3) is 0 Å². The minimum absolute atomic E-state index is 0.304. The smallest absolute Gasteiger partial charge is 0.405 e. The van der Waals surface area contributed by atoms with Crippen LogP contribution in [-0.4, -0.2) is 40.6 Å². The molecule has 8 nitrogen and oxygen atoms in total. The number of pyridine rings is 1. The highest BCUT2D eigenvalue weighted by Crippen LogP contribution is 2.28. The number of nitrogens with one attached hydrogen (secondary N) is 1. The molecule has 0 saturated heterocycles. The SMILES string of the molecule is C=CCC(NC(=O)O)c1cc(-c2c(N)cnn2COCC[Si](C)(C)C)ccn1. The lowest BCUT2D eigenvalue weighted by atomic mass is 10.1. The molecular formula is C19H29N5O3Si. The van der Waals surface area contributed by atoms with Gasteiger partial charge < -0.3 is 20.9 Å². The van der Waals surface area contributed by atoms with Gasteiger partial charge in [-0.25, -0.2) is 9.48 Å². The molecule has 0 aromatic carbocycles. The van der Waals surface area contributed by atoms with Crippen LogP contribution in [0.15, 0.2) is 37.2 Å². The fourth-order valence-corrected chi connectivity index (χ4v) is 3.45. The summed E-state index contributed by atoms with van der Waals surface area (Å²) in [6.07, 6.45) is 4.19. The van der Waals surface area contributed by atoms with Crippen molar-refractivity contribution in [1.82, 2.24) is 20.1 Å². The zero-order valence-electron chi connectivity index (χ0n) is 16.7. The fourth-order valence-electron chi connectivity index (χ4n) is 2.70. The molecule has 152 valence electrons. The number of carboxylic acid groups (broad SMARTS) is 1. The van der Waals surface area contributed by atoms with Gasteiger partial charge in [-0.3, -0.25) is 4.98 Å². The first-order valence-electron chi connectivity index (χ1n) is 9.17.